The third-order valence-corrected chi connectivity index (χ3v) is 5.78. The fourth-order valence-corrected chi connectivity index (χ4v) is 4.03. The molecule has 6 nitrogen and oxygen atoms in total. The Hall–Kier alpha value is -3.02. The first-order valence-electron chi connectivity index (χ1n) is 10.8. The van der Waals surface area contributed by atoms with Gasteiger partial charge < -0.3 is 19.9 Å². The van der Waals surface area contributed by atoms with Crippen LogP contribution in [0.25, 0.3) is 0 Å². The molecular formula is C24H29N3O3. The summed E-state index contributed by atoms with van der Waals surface area (Å²) in [4.78, 5) is 28.2. The Balaban J connectivity index is 1.13. The predicted molar refractivity (Wildman–Crippen MR) is 118 cm³/mol. The van der Waals surface area contributed by atoms with Crippen molar-refractivity contribution in [3.8, 4) is 5.75 Å². The van der Waals surface area contributed by atoms with Crippen molar-refractivity contribution in [3.63, 3.8) is 0 Å². The average molecular weight is 408 g/mol. The maximum Gasteiger partial charge on any atom is 0.224 e. The van der Waals surface area contributed by atoms with Crippen LogP contribution in [0.3, 0.4) is 0 Å². The lowest BCUT2D eigenvalue weighted by molar-refractivity contribution is -0.131. The number of benzene rings is 2. The standard InChI is InChI=1S/C24H29N3O3/c28-23-12-9-19-18-21(10-11-22(19)25-23)30-17-5-4-8-24(29)27-15-13-26(14-16-27)20-6-2-1-3-7-20/h1-3,6-7,10-11,18H,4-5,8-9,12-17H2,(H,25,28). The van der Waals surface area contributed by atoms with Gasteiger partial charge in [0.05, 0.1) is 6.61 Å². The average Bonchev–Trinajstić information content (AvgIpc) is 2.79. The Kier molecular flexibility index (Phi) is 6.52. The van der Waals surface area contributed by atoms with Gasteiger partial charge in [0, 0.05) is 50.4 Å². The molecule has 2 aromatic rings. The highest BCUT2D eigenvalue weighted by molar-refractivity contribution is 5.94. The van der Waals surface area contributed by atoms with Gasteiger partial charge in [0.2, 0.25) is 11.8 Å². The molecule has 0 aromatic heterocycles. The lowest BCUT2D eigenvalue weighted by Gasteiger charge is -2.36. The molecule has 0 unspecified atom stereocenters. The van der Waals surface area contributed by atoms with Gasteiger partial charge in [0.25, 0.3) is 0 Å². The Morgan fingerprint density at radius 3 is 2.57 bits per heavy atom. The Labute approximate surface area is 177 Å². The highest BCUT2D eigenvalue weighted by Crippen LogP contribution is 2.27. The summed E-state index contributed by atoms with van der Waals surface area (Å²) in [7, 11) is 0. The maximum atomic E-state index is 12.5. The van der Waals surface area contributed by atoms with E-state index in [-0.39, 0.29) is 11.8 Å². The lowest BCUT2D eigenvalue weighted by atomic mass is 10.0. The van der Waals surface area contributed by atoms with Crippen molar-refractivity contribution in [2.45, 2.75) is 32.1 Å². The van der Waals surface area contributed by atoms with Crippen molar-refractivity contribution in [2.24, 2.45) is 0 Å². The van der Waals surface area contributed by atoms with Crippen molar-refractivity contribution in [1.82, 2.24) is 4.90 Å². The van der Waals surface area contributed by atoms with E-state index in [0.717, 1.165) is 62.4 Å². The number of para-hydroxylation sites is 1. The molecule has 2 aliphatic heterocycles. The molecular weight excluding hydrogens is 378 g/mol. The van der Waals surface area contributed by atoms with Gasteiger partial charge in [-0.1, -0.05) is 18.2 Å². The van der Waals surface area contributed by atoms with E-state index in [2.05, 4.69) is 34.5 Å². The predicted octanol–water partition coefficient (Wildman–Crippen LogP) is 3.47. The minimum Gasteiger partial charge on any atom is -0.494 e. The van der Waals surface area contributed by atoms with E-state index < -0.39 is 0 Å². The second-order valence-corrected chi connectivity index (χ2v) is 7.88. The van der Waals surface area contributed by atoms with Crippen molar-refractivity contribution < 1.29 is 14.3 Å². The smallest absolute Gasteiger partial charge is 0.224 e. The van der Waals surface area contributed by atoms with Crippen LogP contribution in [0.1, 0.15) is 31.2 Å². The number of ether oxygens (including phenoxy) is 1. The van der Waals surface area contributed by atoms with Gasteiger partial charge in [-0.25, -0.2) is 0 Å². The number of nitrogens with one attached hydrogen (secondary N) is 1. The molecule has 0 bridgehead atoms. The molecule has 0 radical (unpaired) electrons. The van der Waals surface area contributed by atoms with E-state index in [9.17, 15) is 9.59 Å². The van der Waals surface area contributed by atoms with Crippen LogP contribution in [0.15, 0.2) is 48.5 Å². The van der Waals surface area contributed by atoms with Gasteiger partial charge in [0.15, 0.2) is 0 Å². The molecule has 0 aliphatic carbocycles. The summed E-state index contributed by atoms with van der Waals surface area (Å²) >= 11 is 0. The fraction of sp³-hybridized carbons (Fsp3) is 0.417. The van der Waals surface area contributed by atoms with Crippen LogP contribution < -0.4 is 15.0 Å². The van der Waals surface area contributed by atoms with Gasteiger partial charge in [-0.2, -0.15) is 0 Å². The minimum atomic E-state index is 0.0716. The van der Waals surface area contributed by atoms with Crippen LogP contribution in [0, 0.1) is 0 Å². The van der Waals surface area contributed by atoms with Gasteiger partial charge in [-0.05, 0) is 55.2 Å². The largest absolute Gasteiger partial charge is 0.494 e. The summed E-state index contributed by atoms with van der Waals surface area (Å²) in [6.07, 6.45) is 3.54. The fourth-order valence-electron chi connectivity index (χ4n) is 4.03. The van der Waals surface area contributed by atoms with E-state index in [4.69, 9.17) is 4.74 Å². The Morgan fingerprint density at radius 2 is 1.77 bits per heavy atom. The number of piperazine rings is 1. The first-order chi connectivity index (χ1) is 14.7. The number of hydrogen-bond donors (Lipinski definition) is 1. The van der Waals surface area contributed by atoms with E-state index >= 15 is 0 Å². The lowest BCUT2D eigenvalue weighted by Crippen LogP contribution is -2.48. The van der Waals surface area contributed by atoms with Crippen LogP contribution in [-0.2, 0) is 16.0 Å². The van der Waals surface area contributed by atoms with Crippen LogP contribution in [-0.4, -0.2) is 49.5 Å². The zero-order chi connectivity index (χ0) is 20.8. The zero-order valence-electron chi connectivity index (χ0n) is 17.3. The molecule has 0 spiro atoms. The third-order valence-electron chi connectivity index (χ3n) is 5.78. The van der Waals surface area contributed by atoms with Crippen molar-refractivity contribution in [2.75, 3.05) is 43.0 Å². The molecule has 4 rings (SSSR count). The van der Waals surface area contributed by atoms with Gasteiger partial charge >= 0.3 is 0 Å². The number of nitrogens with zero attached hydrogens (tertiary/aromatic N) is 2. The van der Waals surface area contributed by atoms with Crippen molar-refractivity contribution >= 4 is 23.2 Å². The molecule has 6 heteroatoms. The van der Waals surface area contributed by atoms with Crippen molar-refractivity contribution in [1.29, 1.82) is 0 Å². The van der Waals surface area contributed by atoms with Crippen LogP contribution in [0.2, 0.25) is 0 Å². The molecule has 2 amide bonds. The number of aryl methyl sites for hydroxylation is 1. The molecule has 0 saturated carbocycles. The van der Waals surface area contributed by atoms with Crippen LogP contribution >= 0.6 is 0 Å². The summed E-state index contributed by atoms with van der Waals surface area (Å²) in [5.74, 6) is 1.14. The SMILES string of the molecule is O=C1CCc2cc(OCCCCC(=O)N3CCN(c4ccccc4)CC3)ccc2N1. The van der Waals surface area contributed by atoms with E-state index in [1.54, 1.807) is 0 Å². The number of unbranched alkanes of at least 4 members (excludes halogenated alkanes) is 1. The summed E-state index contributed by atoms with van der Waals surface area (Å²) in [6, 6.07) is 16.2. The van der Waals surface area contributed by atoms with Crippen LogP contribution in [0.4, 0.5) is 11.4 Å². The second-order valence-electron chi connectivity index (χ2n) is 7.88. The summed E-state index contributed by atoms with van der Waals surface area (Å²) in [5, 5.41) is 2.88. The highest BCUT2D eigenvalue weighted by atomic mass is 16.5. The quantitative estimate of drug-likeness (QED) is 0.714. The molecule has 2 aliphatic rings. The second kappa shape index (κ2) is 9.65. The highest BCUT2D eigenvalue weighted by Gasteiger charge is 2.20. The molecule has 2 aromatic carbocycles. The minimum absolute atomic E-state index is 0.0716. The van der Waals surface area contributed by atoms with Gasteiger partial charge in [-0.15, -0.1) is 0 Å². The van der Waals surface area contributed by atoms with E-state index in [0.29, 0.717) is 19.4 Å². The number of rotatable bonds is 7. The molecule has 2 heterocycles. The molecule has 1 saturated heterocycles. The Morgan fingerprint density at radius 1 is 0.967 bits per heavy atom. The molecule has 30 heavy (non-hydrogen) atoms. The van der Waals surface area contributed by atoms with E-state index in [1.165, 1.54) is 5.69 Å². The van der Waals surface area contributed by atoms with E-state index in [1.807, 2.05) is 29.2 Å². The number of carbonyl (C=O) groups excluding carboxylic acids is 2. The first kappa shape index (κ1) is 20.3. The number of anilines is 2. The summed E-state index contributed by atoms with van der Waals surface area (Å²) < 4.78 is 5.84. The topological polar surface area (TPSA) is 61.9 Å². The number of amides is 2. The molecule has 158 valence electrons. The Bertz CT molecular complexity index is 877. The molecule has 0 atom stereocenters. The molecule has 1 N–H and O–H groups in total. The zero-order valence-corrected chi connectivity index (χ0v) is 17.3. The van der Waals surface area contributed by atoms with Gasteiger partial charge in [0.1, 0.15) is 5.75 Å². The monoisotopic (exact) mass is 407 g/mol. The number of fused-ring (bicyclic) bond motifs is 1. The third kappa shape index (κ3) is 5.12. The summed E-state index contributed by atoms with van der Waals surface area (Å²) in [6.45, 7) is 3.95. The summed E-state index contributed by atoms with van der Waals surface area (Å²) in [5.41, 5.74) is 3.24. The number of carbonyl (C=O) groups is 2. The van der Waals surface area contributed by atoms with Gasteiger partial charge in [-0.3, -0.25) is 9.59 Å². The van der Waals surface area contributed by atoms with Crippen molar-refractivity contribution in [3.05, 3.63) is 54.1 Å². The number of hydrogen-bond acceptors (Lipinski definition) is 4. The van der Waals surface area contributed by atoms with Crippen LogP contribution in [0.5, 0.6) is 5.75 Å². The molecule has 1 fully saturated rings. The normalized spacial score (nSPS) is 16.1. The first-order valence-corrected chi connectivity index (χ1v) is 10.8. The maximum absolute atomic E-state index is 12.5.